The summed E-state index contributed by atoms with van der Waals surface area (Å²) < 4.78 is 8.07. The van der Waals surface area contributed by atoms with Gasteiger partial charge in [-0.2, -0.15) is 0 Å². The highest BCUT2D eigenvalue weighted by Gasteiger charge is 2.49. The number of thiophene rings is 1. The average molecular weight is 398 g/mol. The van der Waals surface area contributed by atoms with Crippen molar-refractivity contribution in [2.24, 2.45) is 5.92 Å². The van der Waals surface area contributed by atoms with Gasteiger partial charge in [0.15, 0.2) is 0 Å². The normalized spacial score (nSPS) is 27.4. The predicted molar refractivity (Wildman–Crippen MR) is 82.0 cm³/mol. The lowest BCUT2D eigenvalue weighted by atomic mass is 9.81. The first-order valence-electron chi connectivity index (χ1n) is 5.95. The summed E-state index contributed by atoms with van der Waals surface area (Å²) >= 11 is 8.56. The van der Waals surface area contributed by atoms with E-state index in [1.165, 1.54) is 0 Å². The number of aliphatic hydroxyl groups is 1. The highest BCUT2D eigenvalue weighted by atomic mass is 79.9. The third-order valence-corrected chi connectivity index (χ3v) is 5.91. The largest absolute Gasteiger partial charge is 0.388 e. The van der Waals surface area contributed by atoms with Crippen LogP contribution in [0.3, 0.4) is 0 Å². The molecule has 1 saturated heterocycles. The van der Waals surface area contributed by atoms with Crippen molar-refractivity contribution >= 4 is 43.2 Å². The topological polar surface area (TPSA) is 29.5 Å². The summed E-state index contributed by atoms with van der Waals surface area (Å²) in [7, 11) is 0. The van der Waals surface area contributed by atoms with Gasteiger partial charge >= 0.3 is 0 Å². The van der Waals surface area contributed by atoms with Crippen LogP contribution in [0.2, 0.25) is 0 Å². The van der Waals surface area contributed by atoms with Crippen LogP contribution in [0.1, 0.15) is 45.8 Å². The van der Waals surface area contributed by atoms with Crippen molar-refractivity contribution in [3.63, 3.8) is 0 Å². The maximum absolute atomic E-state index is 10.7. The summed E-state index contributed by atoms with van der Waals surface area (Å²) in [6, 6.07) is 1.99. The maximum atomic E-state index is 10.7. The molecular formula is C13H18Br2O2S. The fourth-order valence-corrected chi connectivity index (χ4v) is 5.78. The minimum absolute atomic E-state index is 0.102. The molecule has 2 heterocycles. The van der Waals surface area contributed by atoms with Crippen molar-refractivity contribution in [2.75, 3.05) is 0 Å². The summed E-state index contributed by atoms with van der Waals surface area (Å²) in [5, 5.41) is 10.7. The van der Waals surface area contributed by atoms with Crippen molar-refractivity contribution in [3.05, 3.63) is 19.2 Å². The first-order chi connectivity index (χ1) is 8.12. The van der Waals surface area contributed by atoms with E-state index in [4.69, 9.17) is 4.74 Å². The number of aliphatic hydroxyl groups excluding tert-OH is 1. The van der Waals surface area contributed by atoms with Gasteiger partial charge in [0.25, 0.3) is 0 Å². The van der Waals surface area contributed by atoms with Crippen molar-refractivity contribution in [2.45, 2.75) is 51.4 Å². The van der Waals surface area contributed by atoms with Crippen LogP contribution < -0.4 is 0 Å². The van der Waals surface area contributed by atoms with E-state index in [0.717, 1.165) is 19.6 Å². The molecule has 1 N–H and O–H groups in total. The van der Waals surface area contributed by atoms with Gasteiger partial charge in [-0.15, -0.1) is 11.3 Å². The van der Waals surface area contributed by atoms with E-state index in [1.54, 1.807) is 11.3 Å². The Morgan fingerprint density at radius 2 is 2.00 bits per heavy atom. The molecule has 0 bridgehead atoms. The van der Waals surface area contributed by atoms with Gasteiger partial charge in [-0.1, -0.05) is 0 Å². The molecule has 1 fully saturated rings. The van der Waals surface area contributed by atoms with Gasteiger partial charge in [0, 0.05) is 11.5 Å². The van der Waals surface area contributed by atoms with Crippen LogP contribution in [0, 0.1) is 5.92 Å². The van der Waals surface area contributed by atoms with E-state index in [9.17, 15) is 5.11 Å². The minimum Gasteiger partial charge on any atom is -0.388 e. The molecule has 1 aromatic heterocycles. The number of rotatable bonds is 2. The zero-order valence-electron chi connectivity index (χ0n) is 11.0. The van der Waals surface area contributed by atoms with Crippen LogP contribution >= 0.6 is 43.2 Å². The number of hydrogen-bond donors (Lipinski definition) is 1. The van der Waals surface area contributed by atoms with E-state index < -0.39 is 6.10 Å². The lowest BCUT2D eigenvalue weighted by molar-refractivity contribution is -0.0880. The van der Waals surface area contributed by atoms with E-state index in [1.807, 2.05) is 6.07 Å². The molecule has 0 saturated carbocycles. The van der Waals surface area contributed by atoms with Crippen molar-refractivity contribution in [3.8, 4) is 0 Å². The predicted octanol–water partition coefficient (Wildman–Crippen LogP) is 4.90. The molecule has 0 aliphatic carbocycles. The molecule has 102 valence electrons. The molecule has 0 aromatic carbocycles. The monoisotopic (exact) mass is 396 g/mol. The second-order valence-corrected chi connectivity index (χ2v) is 9.75. The van der Waals surface area contributed by atoms with Gasteiger partial charge in [0.2, 0.25) is 0 Å². The summed E-state index contributed by atoms with van der Waals surface area (Å²) in [6.45, 7) is 8.29. The van der Waals surface area contributed by atoms with Gasteiger partial charge in [-0.3, -0.25) is 0 Å². The fourth-order valence-electron chi connectivity index (χ4n) is 2.87. The Balaban J connectivity index is 2.29. The fraction of sp³-hybridized carbons (Fsp3) is 0.692. The number of hydrogen-bond acceptors (Lipinski definition) is 3. The highest BCUT2D eigenvalue weighted by Crippen LogP contribution is 2.49. The van der Waals surface area contributed by atoms with Crippen molar-refractivity contribution in [1.82, 2.24) is 0 Å². The third-order valence-electron chi connectivity index (χ3n) is 3.53. The smallest absolute Gasteiger partial charge is 0.0866 e. The van der Waals surface area contributed by atoms with Crippen LogP contribution in [-0.2, 0) is 4.74 Å². The van der Waals surface area contributed by atoms with Crippen LogP contribution in [-0.4, -0.2) is 16.3 Å². The average Bonchev–Trinajstić information content (AvgIpc) is 2.61. The van der Waals surface area contributed by atoms with E-state index in [-0.39, 0.29) is 17.1 Å². The molecule has 2 rings (SSSR count). The molecular weight excluding hydrogens is 380 g/mol. The van der Waals surface area contributed by atoms with Gasteiger partial charge in [-0.25, -0.2) is 0 Å². The van der Waals surface area contributed by atoms with Crippen LogP contribution in [0.25, 0.3) is 0 Å². The Bertz CT molecular complexity index is 454. The molecule has 0 radical (unpaired) electrons. The molecule has 2 nitrogen and oxygen atoms in total. The number of ether oxygens (including phenoxy) is 1. The number of halogens is 2. The van der Waals surface area contributed by atoms with Gasteiger partial charge in [0.1, 0.15) is 0 Å². The Morgan fingerprint density at radius 3 is 2.39 bits per heavy atom. The lowest BCUT2D eigenvalue weighted by Gasteiger charge is -2.30. The van der Waals surface area contributed by atoms with Crippen molar-refractivity contribution < 1.29 is 9.84 Å². The standard InChI is InChI=1S/C13H18Br2O2S/c1-12(2)6-8(13(3,4)17-12)10(16)7-5-9(14)18-11(7)15/h5,8,10,16H,6H2,1-4H3. The van der Waals surface area contributed by atoms with Gasteiger partial charge in [-0.05, 0) is 72.0 Å². The molecule has 1 aliphatic heterocycles. The summed E-state index contributed by atoms with van der Waals surface area (Å²) in [5.74, 6) is 0.102. The molecule has 0 spiro atoms. The highest BCUT2D eigenvalue weighted by molar-refractivity contribution is 9.12. The van der Waals surface area contributed by atoms with Crippen LogP contribution in [0.4, 0.5) is 0 Å². The third kappa shape index (κ3) is 2.85. The second-order valence-electron chi connectivity index (χ2n) is 6.00. The molecule has 1 aliphatic rings. The molecule has 0 amide bonds. The SMILES string of the molecule is CC1(C)CC(C(O)c2cc(Br)sc2Br)C(C)(C)O1. The molecule has 2 atom stereocenters. The molecule has 5 heteroatoms. The van der Waals surface area contributed by atoms with Gasteiger partial charge < -0.3 is 9.84 Å². The summed E-state index contributed by atoms with van der Waals surface area (Å²) in [6.07, 6.45) is 0.361. The summed E-state index contributed by atoms with van der Waals surface area (Å²) in [4.78, 5) is 0. The first kappa shape index (κ1) is 15.0. The maximum Gasteiger partial charge on any atom is 0.0866 e. The minimum atomic E-state index is -0.501. The molecule has 18 heavy (non-hydrogen) atoms. The second kappa shape index (κ2) is 4.85. The first-order valence-corrected chi connectivity index (χ1v) is 8.35. The van der Waals surface area contributed by atoms with E-state index in [2.05, 4.69) is 59.6 Å². The Kier molecular flexibility index (Phi) is 4.03. The lowest BCUT2D eigenvalue weighted by Crippen LogP contribution is -2.32. The Labute approximate surface area is 129 Å². The van der Waals surface area contributed by atoms with Gasteiger partial charge in [0.05, 0.1) is 24.9 Å². The molecule has 2 unspecified atom stereocenters. The Hall–Kier alpha value is 0.580. The summed E-state index contributed by atoms with van der Waals surface area (Å²) in [5.41, 5.74) is 0.470. The quantitative estimate of drug-likeness (QED) is 0.768. The zero-order chi connectivity index (χ0) is 13.7. The Morgan fingerprint density at radius 1 is 1.39 bits per heavy atom. The van der Waals surface area contributed by atoms with E-state index >= 15 is 0 Å². The van der Waals surface area contributed by atoms with E-state index in [0.29, 0.717) is 0 Å². The zero-order valence-corrected chi connectivity index (χ0v) is 14.9. The van der Waals surface area contributed by atoms with Crippen LogP contribution in [0.5, 0.6) is 0 Å². The van der Waals surface area contributed by atoms with Crippen molar-refractivity contribution in [1.29, 1.82) is 0 Å². The van der Waals surface area contributed by atoms with Crippen LogP contribution in [0.15, 0.2) is 13.6 Å². The molecule has 1 aromatic rings.